The fourth-order valence-corrected chi connectivity index (χ4v) is 7.90. The van der Waals surface area contributed by atoms with E-state index in [-0.39, 0.29) is 60.9 Å². The molecule has 41 heavy (non-hydrogen) atoms. The highest BCUT2D eigenvalue weighted by Crippen LogP contribution is 2.42. The number of likely N-dealkylation sites (tertiary alicyclic amines) is 1. The van der Waals surface area contributed by atoms with Gasteiger partial charge in [0.15, 0.2) is 5.78 Å². The second-order valence-electron chi connectivity index (χ2n) is 12.8. The molecular weight excluding hydrogens is 521 g/mol. The number of rotatable bonds is 9. The molecule has 224 valence electrons. The number of carbonyl (C=O) groups is 3. The number of esters is 1. The smallest absolute Gasteiger partial charge is 0.374 e. The summed E-state index contributed by atoms with van der Waals surface area (Å²) < 4.78 is 24.2. The fourth-order valence-electron chi connectivity index (χ4n) is 7.90. The van der Waals surface area contributed by atoms with Crippen molar-refractivity contribution in [3.63, 3.8) is 0 Å². The summed E-state index contributed by atoms with van der Waals surface area (Å²) in [6.45, 7) is 6.19. The molecule has 1 aliphatic heterocycles. The minimum Gasteiger partial charge on any atom is -0.460 e. The lowest BCUT2D eigenvalue weighted by molar-refractivity contribution is -0.143. The molecule has 0 unspecified atom stereocenters. The third-order valence-corrected chi connectivity index (χ3v) is 10.3. The van der Waals surface area contributed by atoms with Crippen LogP contribution in [-0.2, 0) is 20.7 Å². The van der Waals surface area contributed by atoms with Gasteiger partial charge in [-0.2, -0.15) is 0 Å². The lowest BCUT2D eigenvalue weighted by Crippen LogP contribution is -2.48. The van der Waals surface area contributed by atoms with Crippen molar-refractivity contribution in [1.29, 1.82) is 0 Å². The van der Waals surface area contributed by atoms with Crippen LogP contribution in [0.2, 0.25) is 0 Å². The molecule has 2 aromatic rings. The van der Waals surface area contributed by atoms with Gasteiger partial charge in [-0.1, -0.05) is 45.1 Å². The van der Waals surface area contributed by atoms with Crippen molar-refractivity contribution in [2.45, 2.75) is 97.4 Å². The zero-order valence-electron chi connectivity index (χ0n) is 25.0. The second-order valence-corrected chi connectivity index (χ2v) is 12.8. The van der Waals surface area contributed by atoms with Gasteiger partial charge in [0.05, 0.1) is 19.3 Å². The molecule has 2 saturated carbocycles. The zero-order valence-corrected chi connectivity index (χ0v) is 25.0. The number of furan rings is 1. The van der Waals surface area contributed by atoms with Crippen LogP contribution in [0, 0.1) is 36.5 Å². The molecule has 0 N–H and O–H groups in total. The molecule has 0 spiro atoms. The molecule has 3 atom stereocenters. The second kappa shape index (κ2) is 13.1. The number of hydrogen-bond acceptors (Lipinski definition) is 5. The van der Waals surface area contributed by atoms with Crippen molar-refractivity contribution in [3.8, 4) is 0 Å². The largest absolute Gasteiger partial charge is 0.460 e. The van der Waals surface area contributed by atoms with Crippen LogP contribution in [0.1, 0.15) is 99.7 Å². The Hall–Kier alpha value is -2.70. The highest BCUT2D eigenvalue weighted by atomic mass is 19.1. The van der Waals surface area contributed by atoms with Crippen LogP contribution in [0.4, 0.5) is 4.39 Å². The van der Waals surface area contributed by atoms with Gasteiger partial charge in [-0.3, -0.25) is 14.0 Å². The minimum atomic E-state index is -0.484. The van der Waals surface area contributed by atoms with E-state index in [0.717, 1.165) is 55.9 Å². The van der Waals surface area contributed by atoms with Gasteiger partial charge in [0.1, 0.15) is 5.58 Å². The van der Waals surface area contributed by atoms with Gasteiger partial charge in [-0.15, -0.1) is 0 Å². The maximum atomic E-state index is 14.1. The van der Waals surface area contributed by atoms with Crippen LogP contribution in [0.3, 0.4) is 0 Å². The number of carbonyl (C=O) groups excluding carboxylic acids is 3. The molecule has 6 nitrogen and oxygen atoms in total. The Morgan fingerprint density at radius 3 is 2.46 bits per heavy atom. The van der Waals surface area contributed by atoms with E-state index in [2.05, 4.69) is 0 Å². The van der Waals surface area contributed by atoms with E-state index < -0.39 is 5.97 Å². The summed E-state index contributed by atoms with van der Waals surface area (Å²) in [5.41, 5.74) is 2.17. The Labute approximate surface area is 243 Å². The summed E-state index contributed by atoms with van der Waals surface area (Å²) in [6.07, 6.45) is 10.4. The van der Waals surface area contributed by atoms with Gasteiger partial charge in [0.25, 0.3) is 0 Å². The number of alkyl halides is 1. The number of benzene rings is 1. The quantitative estimate of drug-likeness (QED) is 0.299. The number of hydrogen-bond donors (Lipinski definition) is 0. The number of Topliss-reactive ketones (excluding diaryl/α,β-unsaturated/α-hetero) is 1. The van der Waals surface area contributed by atoms with Crippen LogP contribution in [-0.4, -0.2) is 48.4 Å². The normalized spacial score (nSPS) is 26.3. The van der Waals surface area contributed by atoms with Crippen molar-refractivity contribution in [1.82, 2.24) is 4.90 Å². The molecule has 5 rings (SSSR count). The molecule has 3 aliphatic rings. The number of amides is 1. The molecular formula is C34H46FNO5. The van der Waals surface area contributed by atoms with E-state index >= 15 is 0 Å². The highest BCUT2D eigenvalue weighted by molar-refractivity contribution is 5.97. The number of halogens is 1. The molecule has 2 aliphatic carbocycles. The Kier molecular flexibility index (Phi) is 9.50. The first-order valence-corrected chi connectivity index (χ1v) is 15.9. The number of aryl methyl sites for hydroxylation is 1. The monoisotopic (exact) mass is 567 g/mol. The lowest BCUT2D eigenvalue weighted by atomic mass is 9.74. The van der Waals surface area contributed by atoms with Crippen LogP contribution >= 0.6 is 0 Å². The van der Waals surface area contributed by atoms with Gasteiger partial charge in [-0.25, -0.2) is 4.79 Å². The van der Waals surface area contributed by atoms with Gasteiger partial charge in [0.2, 0.25) is 11.7 Å². The molecule has 0 bridgehead atoms. The van der Waals surface area contributed by atoms with E-state index in [0.29, 0.717) is 29.5 Å². The zero-order chi connectivity index (χ0) is 29.1. The van der Waals surface area contributed by atoms with Gasteiger partial charge < -0.3 is 14.1 Å². The Morgan fingerprint density at radius 1 is 1.05 bits per heavy atom. The number of ketones is 1. The van der Waals surface area contributed by atoms with Crippen LogP contribution in [0.15, 0.2) is 22.6 Å². The first kappa shape index (κ1) is 29.8. The van der Waals surface area contributed by atoms with Gasteiger partial charge in [0, 0.05) is 29.8 Å². The molecule has 1 saturated heterocycles. The molecule has 3 fully saturated rings. The summed E-state index contributed by atoms with van der Waals surface area (Å²) in [4.78, 5) is 42.3. The third kappa shape index (κ3) is 6.24. The SMILES string of the molecule is CCOC(=O)c1oc2ccc(CC(=O)[C@@H]3[C@H](C4CCCCC4)CCN3C(=O)C3CCC([C@H](C)CF)CC3)cc2c1C. The van der Waals surface area contributed by atoms with Crippen molar-refractivity contribution >= 4 is 28.6 Å². The average molecular weight is 568 g/mol. The predicted octanol–water partition coefficient (Wildman–Crippen LogP) is 7.24. The predicted molar refractivity (Wildman–Crippen MR) is 156 cm³/mol. The standard InChI is InChI=1S/C34H46FNO5/c1-4-40-34(39)32-22(3)28-18-23(10-15-30(28)41-32)19-29(37)31-27(25-8-6-5-7-9-25)16-17-36(31)33(38)26-13-11-24(12-14-26)21(2)20-35/h10,15,18,21,24-27,31H,4-9,11-14,16-17,19-20H2,1-3H3/t21-,24?,26?,27+,31+/m1/s1. The maximum absolute atomic E-state index is 14.1. The lowest BCUT2D eigenvalue weighted by Gasteiger charge is -2.37. The van der Waals surface area contributed by atoms with Crippen LogP contribution in [0.25, 0.3) is 11.0 Å². The van der Waals surface area contributed by atoms with E-state index in [4.69, 9.17) is 9.15 Å². The average Bonchev–Trinajstić information content (AvgIpc) is 3.59. The molecule has 7 heteroatoms. The summed E-state index contributed by atoms with van der Waals surface area (Å²) in [5, 5.41) is 0.806. The Bertz CT molecular complexity index is 1240. The van der Waals surface area contributed by atoms with E-state index in [9.17, 15) is 18.8 Å². The first-order chi connectivity index (χ1) is 19.8. The van der Waals surface area contributed by atoms with Gasteiger partial charge >= 0.3 is 5.97 Å². The minimum absolute atomic E-state index is 0.0485. The molecule has 1 aromatic heterocycles. The van der Waals surface area contributed by atoms with E-state index in [1.54, 1.807) is 6.92 Å². The summed E-state index contributed by atoms with van der Waals surface area (Å²) >= 11 is 0. The first-order valence-electron chi connectivity index (χ1n) is 15.9. The van der Waals surface area contributed by atoms with Crippen LogP contribution < -0.4 is 0 Å². The van der Waals surface area contributed by atoms with Crippen molar-refractivity contribution in [2.24, 2.45) is 29.6 Å². The summed E-state index contributed by atoms with van der Waals surface area (Å²) in [6, 6.07) is 5.27. The van der Waals surface area contributed by atoms with E-state index in [1.165, 1.54) is 19.3 Å². The van der Waals surface area contributed by atoms with Crippen molar-refractivity contribution in [3.05, 3.63) is 35.1 Å². The van der Waals surface area contributed by atoms with E-state index in [1.807, 2.05) is 36.9 Å². The maximum Gasteiger partial charge on any atom is 0.374 e. The third-order valence-electron chi connectivity index (χ3n) is 10.3. The molecule has 0 radical (unpaired) electrons. The topological polar surface area (TPSA) is 76.8 Å². The summed E-state index contributed by atoms with van der Waals surface area (Å²) in [7, 11) is 0. The summed E-state index contributed by atoms with van der Waals surface area (Å²) in [5.74, 6) is 0.989. The van der Waals surface area contributed by atoms with Gasteiger partial charge in [-0.05, 0) is 87.3 Å². The number of nitrogens with zero attached hydrogens (tertiary/aromatic N) is 1. The Morgan fingerprint density at radius 2 is 1.78 bits per heavy atom. The molecule has 1 aromatic carbocycles. The Balaban J connectivity index is 1.35. The van der Waals surface area contributed by atoms with Crippen molar-refractivity contribution in [2.75, 3.05) is 19.8 Å². The fraction of sp³-hybridized carbons (Fsp3) is 0.676. The van der Waals surface area contributed by atoms with Crippen molar-refractivity contribution < 1.29 is 27.9 Å². The molecule has 1 amide bonds. The van der Waals surface area contributed by atoms with Crippen LogP contribution in [0.5, 0.6) is 0 Å². The number of ether oxygens (including phenoxy) is 1. The number of fused-ring (bicyclic) bond motifs is 1. The highest BCUT2D eigenvalue weighted by Gasteiger charge is 2.46. The molecule has 2 heterocycles.